The quantitative estimate of drug-likeness (QED) is 0.193. The van der Waals surface area contributed by atoms with Gasteiger partial charge in [0, 0.05) is 11.4 Å². The second-order valence-electron chi connectivity index (χ2n) is 9.09. The number of anilines is 3. The first-order valence-electron chi connectivity index (χ1n) is 12.7. The van der Waals surface area contributed by atoms with E-state index in [4.69, 9.17) is 0 Å². The molecular weight excluding hydrogens is 466 g/mol. The van der Waals surface area contributed by atoms with Gasteiger partial charge in [0.15, 0.2) is 0 Å². The third kappa shape index (κ3) is 5.99. The van der Waals surface area contributed by atoms with E-state index < -0.39 is 0 Å². The minimum Gasteiger partial charge on any atom is -0.310 e. The predicted molar refractivity (Wildman–Crippen MR) is 164 cm³/mol. The highest BCUT2D eigenvalue weighted by molar-refractivity contribution is 7.08. The minimum atomic E-state index is 0.990. The summed E-state index contributed by atoms with van der Waals surface area (Å²) in [7, 11) is 0. The van der Waals surface area contributed by atoms with Crippen molar-refractivity contribution < 1.29 is 0 Å². The first-order chi connectivity index (χ1) is 18.2. The zero-order valence-corrected chi connectivity index (χ0v) is 22.2. The highest BCUT2D eigenvalue weighted by Crippen LogP contribution is 2.39. The highest BCUT2D eigenvalue weighted by Gasteiger charge is 2.17. The Labute approximate surface area is 224 Å². The zero-order chi connectivity index (χ0) is 25.5. The molecule has 5 aromatic rings. The Morgan fingerprint density at radius 2 is 1.16 bits per heavy atom. The normalized spacial score (nSPS) is 11.4. The predicted octanol–water partition coefficient (Wildman–Crippen LogP) is 10.4. The first kappa shape index (κ1) is 24.5. The van der Waals surface area contributed by atoms with Gasteiger partial charge in [-0.1, -0.05) is 104 Å². The summed E-state index contributed by atoms with van der Waals surface area (Å²) < 4.78 is 0. The van der Waals surface area contributed by atoms with Crippen molar-refractivity contribution in [2.75, 3.05) is 4.90 Å². The van der Waals surface area contributed by atoms with E-state index in [0.717, 1.165) is 12.1 Å². The number of para-hydroxylation sites is 2. The third-order valence-corrected chi connectivity index (χ3v) is 7.21. The van der Waals surface area contributed by atoms with E-state index in [0.29, 0.717) is 0 Å². The Balaban J connectivity index is 1.37. The van der Waals surface area contributed by atoms with Gasteiger partial charge < -0.3 is 4.90 Å². The average Bonchev–Trinajstić information content (AvgIpc) is 3.47. The lowest BCUT2D eigenvalue weighted by atomic mass is 10.0. The van der Waals surface area contributed by atoms with Crippen molar-refractivity contribution >= 4 is 52.7 Å². The second-order valence-corrected chi connectivity index (χ2v) is 9.87. The molecule has 0 aliphatic heterocycles. The summed E-state index contributed by atoms with van der Waals surface area (Å²) in [4.78, 5) is 2.38. The van der Waals surface area contributed by atoms with E-state index in [9.17, 15) is 0 Å². The first-order valence-corrected chi connectivity index (χ1v) is 13.7. The number of hydrogen-bond donors (Lipinski definition) is 0. The van der Waals surface area contributed by atoms with Gasteiger partial charge in [-0.25, -0.2) is 0 Å². The van der Waals surface area contributed by atoms with Crippen LogP contribution in [0, 0.1) is 6.92 Å². The van der Waals surface area contributed by atoms with Crippen molar-refractivity contribution in [1.82, 2.24) is 0 Å². The van der Waals surface area contributed by atoms with Crippen LogP contribution in [0.15, 0.2) is 114 Å². The Morgan fingerprint density at radius 1 is 0.595 bits per heavy atom. The molecule has 0 saturated heterocycles. The molecule has 0 atom stereocenters. The van der Waals surface area contributed by atoms with Gasteiger partial charge in [0.2, 0.25) is 0 Å². The third-order valence-electron chi connectivity index (χ3n) is 6.51. The van der Waals surface area contributed by atoms with E-state index in [1.54, 1.807) is 11.3 Å². The van der Waals surface area contributed by atoms with Crippen LogP contribution in [-0.4, -0.2) is 0 Å². The van der Waals surface area contributed by atoms with Crippen LogP contribution in [0.2, 0.25) is 0 Å². The molecule has 1 nitrogen and oxygen atoms in total. The number of benzene rings is 4. The molecule has 1 heterocycles. The van der Waals surface area contributed by atoms with Gasteiger partial charge in [-0.3, -0.25) is 0 Å². The summed E-state index contributed by atoms with van der Waals surface area (Å²) in [5.41, 5.74) is 11.0. The topological polar surface area (TPSA) is 3.24 Å². The maximum absolute atomic E-state index is 2.38. The van der Waals surface area contributed by atoms with Gasteiger partial charge in [-0.05, 0) is 87.8 Å². The number of thiophene rings is 1. The van der Waals surface area contributed by atoms with Gasteiger partial charge in [0.05, 0.1) is 5.69 Å². The van der Waals surface area contributed by atoms with E-state index in [2.05, 4.69) is 157 Å². The summed E-state index contributed by atoms with van der Waals surface area (Å²) in [6.45, 7) is 4.42. The molecule has 0 amide bonds. The van der Waals surface area contributed by atoms with E-state index in [1.807, 2.05) is 0 Å². The fourth-order valence-electron chi connectivity index (χ4n) is 4.52. The largest absolute Gasteiger partial charge is 0.310 e. The molecule has 5 rings (SSSR count). The maximum atomic E-state index is 2.38. The lowest BCUT2D eigenvalue weighted by molar-refractivity contribution is 1.10. The number of rotatable bonds is 8. The van der Waals surface area contributed by atoms with Crippen LogP contribution < -0.4 is 4.90 Å². The standard InChI is InChI=1S/C35H31NS/c1-3-32-9-7-8-27(2)35(32)36(33-10-5-4-6-11-33)34-22-20-30(21-23-34)17-16-28-12-14-29(15-13-28)18-19-31-24-25-37-26-31/h4-26H,3H2,1-2H3. The van der Waals surface area contributed by atoms with Crippen LogP contribution in [0.1, 0.15) is 40.3 Å². The number of nitrogens with zero attached hydrogens (tertiary/aromatic N) is 1. The molecule has 0 unspecified atom stereocenters. The molecule has 0 fully saturated rings. The molecule has 0 spiro atoms. The van der Waals surface area contributed by atoms with E-state index in [-0.39, 0.29) is 0 Å². The molecule has 0 N–H and O–H groups in total. The summed E-state index contributed by atoms with van der Waals surface area (Å²) in [5.74, 6) is 0. The van der Waals surface area contributed by atoms with Gasteiger partial charge >= 0.3 is 0 Å². The van der Waals surface area contributed by atoms with Crippen molar-refractivity contribution in [2.24, 2.45) is 0 Å². The van der Waals surface area contributed by atoms with Crippen LogP contribution in [0.25, 0.3) is 24.3 Å². The molecular formula is C35H31NS. The summed E-state index contributed by atoms with van der Waals surface area (Å²) in [5, 5.41) is 4.26. The summed E-state index contributed by atoms with van der Waals surface area (Å²) in [6.07, 6.45) is 9.65. The average molecular weight is 498 g/mol. The SMILES string of the molecule is CCc1cccc(C)c1N(c1ccccc1)c1ccc(C=Cc2ccc(C=Cc3ccsc3)cc2)cc1. The molecule has 0 aliphatic carbocycles. The van der Waals surface area contributed by atoms with Gasteiger partial charge in [-0.15, -0.1) is 0 Å². The van der Waals surface area contributed by atoms with Crippen LogP contribution in [0.4, 0.5) is 17.1 Å². The fraction of sp³-hybridized carbons (Fsp3) is 0.0857. The van der Waals surface area contributed by atoms with Gasteiger partial charge in [0.25, 0.3) is 0 Å². The Bertz CT molecular complexity index is 1480. The van der Waals surface area contributed by atoms with Crippen LogP contribution in [0.3, 0.4) is 0 Å². The van der Waals surface area contributed by atoms with E-state index in [1.165, 1.54) is 44.8 Å². The minimum absolute atomic E-state index is 0.990. The van der Waals surface area contributed by atoms with Crippen LogP contribution in [-0.2, 0) is 6.42 Å². The fourth-order valence-corrected chi connectivity index (χ4v) is 5.15. The lowest BCUT2D eigenvalue weighted by Gasteiger charge is -2.29. The highest BCUT2D eigenvalue weighted by atomic mass is 32.1. The number of aryl methyl sites for hydroxylation is 2. The molecule has 1 aromatic heterocycles. The van der Waals surface area contributed by atoms with Crippen molar-refractivity contribution in [3.63, 3.8) is 0 Å². The number of hydrogen-bond acceptors (Lipinski definition) is 2. The van der Waals surface area contributed by atoms with Crippen molar-refractivity contribution in [1.29, 1.82) is 0 Å². The maximum Gasteiger partial charge on any atom is 0.0522 e. The second kappa shape index (κ2) is 11.7. The van der Waals surface area contributed by atoms with Gasteiger partial charge in [-0.2, -0.15) is 11.3 Å². The molecule has 4 aromatic carbocycles. The van der Waals surface area contributed by atoms with Crippen molar-refractivity contribution in [3.05, 3.63) is 147 Å². The van der Waals surface area contributed by atoms with Crippen molar-refractivity contribution in [3.8, 4) is 0 Å². The van der Waals surface area contributed by atoms with Crippen molar-refractivity contribution in [2.45, 2.75) is 20.3 Å². The smallest absolute Gasteiger partial charge is 0.0522 e. The Morgan fingerprint density at radius 3 is 1.73 bits per heavy atom. The van der Waals surface area contributed by atoms with Crippen LogP contribution >= 0.6 is 11.3 Å². The monoisotopic (exact) mass is 497 g/mol. The molecule has 0 bridgehead atoms. The molecule has 182 valence electrons. The Hall–Kier alpha value is -4.14. The zero-order valence-electron chi connectivity index (χ0n) is 21.3. The lowest BCUT2D eigenvalue weighted by Crippen LogP contribution is -2.13. The summed E-state index contributed by atoms with van der Waals surface area (Å²) in [6, 6.07) is 36.9. The van der Waals surface area contributed by atoms with E-state index >= 15 is 0 Å². The molecule has 0 saturated carbocycles. The van der Waals surface area contributed by atoms with Gasteiger partial charge in [0.1, 0.15) is 0 Å². The molecule has 0 radical (unpaired) electrons. The van der Waals surface area contributed by atoms with Crippen LogP contribution in [0.5, 0.6) is 0 Å². The summed E-state index contributed by atoms with van der Waals surface area (Å²) >= 11 is 1.72. The molecule has 37 heavy (non-hydrogen) atoms. The molecule has 2 heteroatoms. The molecule has 0 aliphatic rings. The Kier molecular flexibility index (Phi) is 7.78.